The SMILES string of the molecule is COc1ccc(CN(Cc2ccc(OC)cc2)c2nc(OC)nn3c(C(O)c4cnc(N5CCN(C(=O)OC(C)(C)C)CC5)c(C)c4)cnc23)cc1. The number of piperazine rings is 1. The summed E-state index contributed by atoms with van der Waals surface area (Å²) in [4.78, 5) is 32.8. The zero-order valence-electron chi connectivity index (χ0n) is 30.7. The first-order valence-corrected chi connectivity index (χ1v) is 17.1. The first-order chi connectivity index (χ1) is 25.0. The molecule has 1 fully saturated rings. The lowest BCUT2D eigenvalue weighted by Gasteiger charge is -2.36. The first-order valence-electron chi connectivity index (χ1n) is 17.1. The second-order valence-corrected chi connectivity index (χ2v) is 13.7. The summed E-state index contributed by atoms with van der Waals surface area (Å²) in [6.07, 6.45) is 1.88. The number of rotatable bonds is 11. The number of pyridine rings is 1. The van der Waals surface area contributed by atoms with E-state index in [0.717, 1.165) is 34.0 Å². The number of hydrogen-bond donors (Lipinski definition) is 1. The van der Waals surface area contributed by atoms with Gasteiger partial charge in [-0.05, 0) is 74.7 Å². The number of carbonyl (C=O) groups excluding carboxylic acids is 1. The van der Waals surface area contributed by atoms with Crippen molar-refractivity contribution in [2.45, 2.75) is 52.5 Å². The van der Waals surface area contributed by atoms with Crippen LogP contribution in [0.25, 0.3) is 5.65 Å². The van der Waals surface area contributed by atoms with Gasteiger partial charge in [0.1, 0.15) is 29.0 Å². The molecule has 14 heteroatoms. The number of carbonyl (C=O) groups is 1. The van der Waals surface area contributed by atoms with Crippen LogP contribution in [0.3, 0.4) is 0 Å². The van der Waals surface area contributed by atoms with Crippen molar-refractivity contribution >= 4 is 23.4 Å². The summed E-state index contributed by atoms with van der Waals surface area (Å²) in [5, 5.41) is 16.3. The molecule has 1 N–H and O–H groups in total. The Morgan fingerprint density at radius 1 is 0.865 bits per heavy atom. The Balaban J connectivity index is 1.28. The monoisotopic (exact) mass is 710 g/mol. The molecule has 0 bridgehead atoms. The Kier molecular flexibility index (Phi) is 10.7. The summed E-state index contributed by atoms with van der Waals surface area (Å²) in [7, 11) is 4.79. The number of aryl methyl sites for hydroxylation is 1. The van der Waals surface area contributed by atoms with Crippen LogP contribution in [0.4, 0.5) is 16.4 Å². The summed E-state index contributed by atoms with van der Waals surface area (Å²) < 4.78 is 23.4. The topological polar surface area (TPSA) is 140 Å². The molecule has 4 heterocycles. The molecule has 2 aromatic carbocycles. The number of nitrogens with zero attached hydrogens (tertiary/aromatic N) is 8. The minimum absolute atomic E-state index is 0.124. The van der Waals surface area contributed by atoms with E-state index in [0.29, 0.717) is 62.0 Å². The molecule has 1 aliphatic heterocycles. The van der Waals surface area contributed by atoms with Gasteiger partial charge < -0.3 is 38.8 Å². The third-order valence-electron chi connectivity index (χ3n) is 8.80. The number of ether oxygens (including phenoxy) is 4. The third-order valence-corrected chi connectivity index (χ3v) is 8.80. The molecule has 52 heavy (non-hydrogen) atoms. The Morgan fingerprint density at radius 2 is 1.46 bits per heavy atom. The van der Waals surface area contributed by atoms with Gasteiger partial charge >= 0.3 is 12.1 Å². The predicted molar refractivity (Wildman–Crippen MR) is 196 cm³/mol. The molecule has 1 saturated heterocycles. The maximum Gasteiger partial charge on any atom is 0.410 e. The molecule has 0 saturated carbocycles. The lowest BCUT2D eigenvalue weighted by molar-refractivity contribution is 0.0240. The Bertz CT molecular complexity index is 1940. The number of methoxy groups -OCH3 is 3. The Morgan fingerprint density at radius 3 is 1.98 bits per heavy atom. The maximum absolute atomic E-state index is 12.6. The fourth-order valence-electron chi connectivity index (χ4n) is 6.13. The molecule has 0 spiro atoms. The average molecular weight is 711 g/mol. The maximum atomic E-state index is 12.6. The van der Waals surface area contributed by atoms with Crippen molar-refractivity contribution in [3.63, 3.8) is 0 Å². The summed E-state index contributed by atoms with van der Waals surface area (Å²) in [5.74, 6) is 2.87. The summed E-state index contributed by atoms with van der Waals surface area (Å²) in [6.45, 7) is 10.8. The number of imidazole rings is 1. The average Bonchev–Trinajstić information content (AvgIpc) is 3.58. The number of amides is 1. The van der Waals surface area contributed by atoms with Crippen molar-refractivity contribution in [3.05, 3.63) is 94.9 Å². The lowest BCUT2D eigenvalue weighted by Crippen LogP contribution is -2.50. The number of aliphatic hydroxyl groups excluding tert-OH is 1. The quantitative estimate of drug-likeness (QED) is 0.193. The molecule has 1 atom stereocenters. The van der Waals surface area contributed by atoms with Gasteiger partial charge in [0, 0.05) is 51.0 Å². The molecule has 0 aliphatic carbocycles. The molecule has 0 radical (unpaired) electrons. The highest BCUT2D eigenvalue weighted by Crippen LogP contribution is 2.31. The fourth-order valence-corrected chi connectivity index (χ4v) is 6.13. The van der Waals surface area contributed by atoms with Gasteiger partial charge in [0.2, 0.25) is 0 Å². The second-order valence-electron chi connectivity index (χ2n) is 13.7. The highest BCUT2D eigenvalue weighted by atomic mass is 16.6. The van der Waals surface area contributed by atoms with Gasteiger partial charge in [0.25, 0.3) is 0 Å². The minimum atomic E-state index is -1.09. The van der Waals surface area contributed by atoms with E-state index >= 15 is 0 Å². The molecule has 274 valence electrons. The zero-order chi connectivity index (χ0) is 37.0. The fraction of sp³-hybridized carbons (Fsp3) is 0.395. The minimum Gasteiger partial charge on any atom is -0.497 e. The van der Waals surface area contributed by atoms with Crippen molar-refractivity contribution in [2.24, 2.45) is 0 Å². The third kappa shape index (κ3) is 8.12. The highest BCUT2D eigenvalue weighted by molar-refractivity contribution is 5.69. The van der Waals surface area contributed by atoms with E-state index in [1.165, 1.54) is 7.11 Å². The van der Waals surface area contributed by atoms with Gasteiger partial charge in [-0.2, -0.15) is 4.98 Å². The van der Waals surface area contributed by atoms with Gasteiger partial charge in [-0.25, -0.2) is 19.3 Å². The number of aromatic nitrogens is 5. The molecule has 6 rings (SSSR count). The number of fused-ring (bicyclic) bond motifs is 1. The van der Waals surface area contributed by atoms with Gasteiger partial charge in [-0.3, -0.25) is 0 Å². The standard InChI is InChI=1S/C38H46N8O6/c1-25-20-28(21-39-33(25)43-16-18-44(19-17-43)37(48)52-38(2,3)4)32(47)31-22-40-34-35(41-36(51-7)42-46(31)34)45(23-26-8-12-29(49-5)13-9-26)24-27-10-14-30(50-6)15-11-27/h8-15,20-22,32,47H,16-19,23-24H2,1-7H3. The molecule has 5 aromatic rings. The van der Waals surface area contributed by atoms with Crippen LogP contribution in [0.2, 0.25) is 0 Å². The lowest BCUT2D eigenvalue weighted by atomic mass is 10.1. The van der Waals surface area contributed by atoms with Crippen LogP contribution in [-0.2, 0) is 17.8 Å². The van der Waals surface area contributed by atoms with Gasteiger partial charge in [0.15, 0.2) is 11.5 Å². The smallest absolute Gasteiger partial charge is 0.410 e. The molecular weight excluding hydrogens is 664 g/mol. The van der Waals surface area contributed by atoms with Gasteiger partial charge in [0.05, 0.1) is 33.2 Å². The molecule has 3 aromatic heterocycles. The number of hydrogen-bond acceptors (Lipinski definition) is 12. The Hall–Kier alpha value is -5.63. The summed E-state index contributed by atoms with van der Waals surface area (Å²) in [5.41, 5.74) is 3.90. The number of benzene rings is 2. The Labute approximate surface area is 303 Å². The van der Waals surface area contributed by atoms with E-state index < -0.39 is 11.7 Å². The molecule has 1 amide bonds. The summed E-state index contributed by atoms with van der Waals surface area (Å²) in [6, 6.07) is 17.8. The molecule has 1 unspecified atom stereocenters. The van der Waals surface area contributed by atoms with Crippen molar-refractivity contribution in [2.75, 3.05) is 57.3 Å². The summed E-state index contributed by atoms with van der Waals surface area (Å²) >= 11 is 0. The molecule has 14 nitrogen and oxygen atoms in total. The van der Waals surface area contributed by atoms with Crippen molar-refractivity contribution in [1.29, 1.82) is 0 Å². The second kappa shape index (κ2) is 15.3. The van der Waals surface area contributed by atoms with E-state index in [-0.39, 0.29) is 12.1 Å². The predicted octanol–water partition coefficient (Wildman–Crippen LogP) is 5.20. The number of anilines is 2. The molecular formula is C38H46N8O6. The van der Waals surface area contributed by atoms with Crippen LogP contribution >= 0.6 is 0 Å². The van der Waals surface area contributed by atoms with Gasteiger partial charge in [-0.1, -0.05) is 24.3 Å². The van der Waals surface area contributed by atoms with Crippen LogP contribution in [0.5, 0.6) is 17.5 Å². The van der Waals surface area contributed by atoms with Crippen LogP contribution in [0, 0.1) is 6.92 Å². The van der Waals surface area contributed by atoms with E-state index in [9.17, 15) is 9.90 Å². The number of aliphatic hydroxyl groups is 1. The van der Waals surface area contributed by atoms with Crippen molar-refractivity contribution in [1.82, 2.24) is 29.5 Å². The van der Waals surface area contributed by atoms with Crippen molar-refractivity contribution < 1.29 is 28.8 Å². The van der Waals surface area contributed by atoms with Crippen molar-refractivity contribution in [3.8, 4) is 17.5 Å². The normalized spacial score (nSPS) is 13.9. The molecule has 1 aliphatic rings. The van der Waals surface area contributed by atoms with Crippen LogP contribution in [0.1, 0.15) is 54.8 Å². The van der Waals surface area contributed by atoms with Crippen LogP contribution < -0.4 is 24.0 Å². The van der Waals surface area contributed by atoms with Crippen LogP contribution in [-0.4, -0.2) is 93.8 Å². The van der Waals surface area contributed by atoms with E-state index in [1.807, 2.05) is 82.3 Å². The first kappa shape index (κ1) is 36.2. The zero-order valence-corrected chi connectivity index (χ0v) is 30.7. The van der Waals surface area contributed by atoms with E-state index in [1.54, 1.807) is 36.0 Å². The van der Waals surface area contributed by atoms with Crippen LogP contribution in [0.15, 0.2) is 67.0 Å². The van der Waals surface area contributed by atoms with Gasteiger partial charge in [-0.15, -0.1) is 5.10 Å². The largest absolute Gasteiger partial charge is 0.497 e. The van der Waals surface area contributed by atoms with E-state index in [2.05, 4.69) is 14.9 Å². The highest BCUT2D eigenvalue weighted by Gasteiger charge is 2.28. The van der Waals surface area contributed by atoms with E-state index in [4.69, 9.17) is 33.9 Å².